The van der Waals surface area contributed by atoms with Crippen molar-refractivity contribution in [3.8, 4) is 0 Å². The minimum atomic E-state index is 0.596. The molecule has 3 rings (SSSR count). The fraction of sp³-hybridized carbons (Fsp3) is 0.667. The van der Waals surface area contributed by atoms with Gasteiger partial charge in [0, 0.05) is 32.7 Å². The molecule has 1 aromatic rings. The van der Waals surface area contributed by atoms with Crippen LogP contribution in [0.2, 0.25) is 0 Å². The van der Waals surface area contributed by atoms with Gasteiger partial charge in [-0.1, -0.05) is 30.3 Å². The summed E-state index contributed by atoms with van der Waals surface area (Å²) in [6, 6.07) is 11.4. The molecule has 26 heavy (non-hydrogen) atoms. The quantitative estimate of drug-likeness (QED) is 0.426. The van der Waals surface area contributed by atoms with E-state index in [1.807, 2.05) is 7.05 Å². The van der Waals surface area contributed by atoms with Crippen molar-refractivity contribution < 1.29 is 0 Å². The van der Waals surface area contributed by atoms with Crippen LogP contribution in [-0.4, -0.2) is 68.1 Å². The number of rotatable bonds is 8. The predicted octanol–water partition coefficient (Wildman–Crippen LogP) is 2.30. The van der Waals surface area contributed by atoms with Crippen LogP contribution in [0.3, 0.4) is 0 Å². The third-order valence-electron chi connectivity index (χ3n) is 5.60. The third-order valence-corrected chi connectivity index (χ3v) is 5.60. The first-order valence-electron chi connectivity index (χ1n) is 10.3. The van der Waals surface area contributed by atoms with Crippen LogP contribution in [0.1, 0.15) is 37.7 Å². The maximum Gasteiger partial charge on any atom is 0.191 e. The minimum Gasteiger partial charge on any atom is -0.356 e. The fourth-order valence-corrected chi connectivity index (χ4v) is 4.10. The van der Waals surface area contributed by atoms with E-state index in [-0.39, 0.29) is 0 Å². The molecular formula is C21H35N5. The predicted molar refractivity (Wildman–Crippen MR) is 110 cm³/mol. The molecule has 2 aliphatic rings. The van der Waals surface area contributed by atoms with Crippen LogP contribution in [-0.2, 0) is 6.54 Å². The van der Waals surface area contributed by atoms with Crippen LogP contribution in [0.15, 0.2) is 35.3 Å². The number of guanidine groups is 1. The number of hydrogen-bond donors (Lipinski definition) is 2. The Balaban J connectivity index is 1.35. The van der Waals surface area contributed by atoms with E-state index in [4.69, 9.17) is 0 Å². The second-order valence-corrected chi connectivity index (χ2v) is 7.53. The van der Waals surface area contributed by atoms with Gasteiger partial charge in [-0.2, -0.15) is 0 Å². The Bertz CT molecular complexity index is 539. The van der Waals surface area contributed by atoms with Crippen molar-refractivity contribution in [3.63, 3.8) is 0 Å². The van der Waals surface area contributed by atoms with Crippen molar-refractivity contribution in [2.24, 2.45) is 4.99 Å². The lowest BCUT2D eigenvalue weighted by atomic mass is 10.2. The van der Waals surface area contributed by atoms with Gasteiger partial charge in [-0.05, 0) is 63.8 Å². The minimum absolute atomic E-state index is 0.596. The maximum absolute atomic E-state index is 4.39. The number of benzene rings is 1. The van der Waals surface area contributed by atoms with Gasteiger partial charge in [-0.25, -0.2) is 0 Å². The summed E-state index contributed by atoms with van der Waals surface area (Å²) in [6.07, 6.45) is 6.49. The second-order valence-electron chi connectivity index (χ2n) is 7.53. The van der Waals surface area contributed by atoms with Crippen molar-refractivity contribution in [1.29, 1.82) is 0 Å². The van der Waals surface area contributed by atoms with E-state index in [2.05, 4.69) is 55.8 Å². The highest BCUT2D eigenvalue weighted by Crippen LogP contribution is 2.19. The lowest BCUT2D eigenvalue weighted by Gasteiger charge is -2.25. The molecule has 5 heteroatoms. The van der Waals surface area contributed by atoms with E-state index >= 15 is 0 Å². The standard InChI is InChI=1S/C21H35N5/c1-22-21(23-12-8-15-25-13-5-6-14-25)24-17-20-11-7-16-26(20)18-19-9-3-2-4-10-19/h2-4,9-10,20H,5-8,11-18H2,1H3,(H2,22,23,24). The monoisotopic (exact) mass is 357 g/mol. The van der Waals surface area contributed by atoms with Gasteiger partial charge in [0.1, 0.15) is 0 Å². The van der Waals surface area contributed by atoms with Gasteiger partial charge in [0.15, 0.2) is 5.96 Å². The van der Waals surface area contributed by atoms with E-state index < -0.39 is 0 Å². The van der Waals surface area contributed by atoms with Gasteiger partial charge in [-0.15, -0.1) is 0 Å². The van der Waals surface area contributed by atoms with Gasteiger partial charge in [0.2, 0.25) is 0 Å². The summed E-state index contributed by atoms with van der Waals surface area (Å²) in [5.41, 5.74) is 1.41. The Morgan fingerprint density at radius 3 is 2.65 bits per heavy atom. The Morgan fingerprint density at radius 2 is 1.88 bits per heavy atom. The number of hydrogen-bond acceptors (Lipinski definition) is 3. The zero-order valence-electron chi connectivity index (χ0n) is 16.3. The van der Waals surface area contributed by atoms with Gasteiger partial charge in [0.25, 0.3) is 0 Å². The molecule has 1 atom stereocenters. The first-order valence-corrected chi connectivity index (χ1v) is 10.3. The van der Waals surface area contributed by atoms with Crippen molar-refractivity contribution in [2.45, 2.75) is 44.7 Å². The Kier molecular flexibility index (Phi) is 7.77. The molecule has 2 fully saturated rings. The molecule has 0 bridgehead atoms. The highest BCUT2D eigenvalue weighted by molar-refractivity contribution is 5.79. The molecule has 144 valence electrons. The lowest BCUT2D eigenvalue weighted by Crippen LogP contribution is -2.45. The summed E-state index contributed by atoms with van der Waals surface area (Å²) in [5, 5.41) is 7.01. The Morgan fingerprint density at radius 1 is 1.08 bits per heavy atom. The molecule has 0 saturated carbocycles. The molecule has 0 spiro atoms. The molecule has 0 aromatic heterocycles. The molecule has 2 heterocycles. The zero-order chi connectivity index (χ0) is 18.0. The second kappa shape index (κ2) is 10.5. The number of nitrogens with one attached hydrogen (secondary N) is 2. The van der Waals surface area contributed by atoms with Crippen molar-refractivity contribution in [1.82, 2.24) is 20.4 Å². The van der Waals surface area contributed by atoms with Gasteiger partial charge in [-0.3, -0.25) is 9.89 Å². The first-order chi connectivity index (χ1) is 12.8. The average molecular weight is 358 g/mol. The SMILES string of the molecule is CN=C(NCCCN1CCCC1)NCC1CCCN1Cc1ccccc1. The molecule has 5 nitrogen and oxygen atoms in total. The van der Waals surface area contributed by atoms with Crippen LogP contribution in [0.5, 0.6) is 0 Å². The highest BCUT2D eigenvalue weighted by Gasteiger charge is 2.24. The van der Waals surface area contributed by atoms with Gasteiger partial charge >= 0.3 is 0 Å². The average Bonchev–Trinajstić information content (AvgIpc) is 3.34. The fourth-order valence-electron chi connectivity index (χ4n) is 4.10. The van der Waals surface area contributed by atoms with Crippen LogP contribution in [0.4, 0.5) is 0 Å². The molecule has 0 aliphatic carbocycles. The zero-order valence-corrected chi connectivity index (χ0v) is 16.3. The molecule has 2 N–H and O–H groups in total. The molecule has 1 aromatic carbocycles. The molecule has 1 unspecified atom stereocenters. The highest BCUT2D eigenvalue weighted by atomic mass is 15.2. The van der Waals surface area contributed by atoms with Gasteiger partial charge in [0.05, 0.1) is 0 Å². The third kappa shape index (κ3) is 5.99. The molecule has 2 saturated heterocycles. The normalized spacial score (nSPS) is 22.0. The van der Waals surface area contributed by atoms with Crippen LogP contribution in [0.25, 0.3) is 0 Å². The van der Waals surface area contributed by atoms with E-state index in [0.717, 1.165) is 25.6 Å². The van der Waals surface area contributed by atoms with E-state index in [1.54, 1.807) is 0 Å². The summed E-state index contributed by atoms with van der Waals surface area (Å²) >= 11 is 0. The Labute approximate surface area is 158 Å². The molecule has 0 radical (unpaired) electrons. The summed E-state index contributed by atoms with van der Waals surface area (Å²) in [6.45, 7) is 7.99. The first kappa shape index (κ1) is 19.2. The Hall–Kier alpha value is -1.59. The number of aliphatic imine (C=N–C) groups is 1. The van der Waals surface area contributed by atoms with Crippen molar-refractivity contribution in [3.05, 3.63) is 35.9 Å². The summed E-state index contributed by atoms with van der Waals surface area (Å²) in [7, 11) is 1.87. The summed E-state index contributed by atoms with van der Waals surface area (Å²) in [5.74, 6) is 0.943. The molecule has 2 aliphatic heterocycles. The topological polar surface area (TPSA) is 42.9 Å². The van der Waals surface area contributed by atoms with Gasteiger partial charge < -0.3 is 15.5 Å². The largest absolute Gasteiger partial charge is 0.356 e. The molecular weight excluding hydrogens is 322 g/mol. The lowest BCUT2D eigenvalue weighted by molar-refractivity contribution is 0.245. The summed E-state index contributed by atoms with van der Waals surface area (Å²) in [4.78, 5) is 9.56. The van der Waals surface area contributed by atoms with Crippen molar-refractivity contribution in [2.75, 3.05) is 46.3 Å². The smallest absolute Gasteiger partial charge is 0.191 e. The van der Waals surface area contributed by atoms with Crippen LogP contribution in [0, 0.1) is 0 Å². The van der Waals surface area contributed by atoms with Crippen LogP contribution < -0.4 is 10.6 Å². The van der Waals surface area contributed by atoms with Crippen LogP contribution >= 0.6 is 0 Å². The number of nitrogens with zero attached hydrogens (tertiary/aromatic N) is 3. The molecule has 0 amide bonds. The maximum atomic E-state index is 4.39. The van der Waals surface area contributed by atoms with Crippen molar-refractivity contribution >= 4 is 5.96 Å². The summed E-state index contributed by atoms with van der Waals surface area (Å²) < 4.78 is 0. The van der Waals surface area contributed by atoms with E-state index in [1.165, 1.54) is 63.8 Å². The number of likely N-dealkylation sites (tertiary alicyclic amines) is 2. The van der Waals surface area contributed by atoms with E-state index in [9.17, 15) is 0 Å². The van der Waals surface area contributed by atoms with E-state index in [0.29, 0.717) is 6.04 Å².